The number of aromatic nitrogens is 2. The summed E-state index contributed by atoms with van der Waals surface area (Å²) in [5.41, 5.74) is 1.21. The number of hydrogen-bond acceptors (Lipinski definition) is 6. The van der Waals surface area contributed by atoms with Gasteiger partial charge in [0.2, 0.25) is 11.8 Å². The minimum atomic E-state index is 0.236. The molecule has 1 saturated heterocycles. The van der Waals surface area contributed by atoms with Gasteiger partial charge < -0.3 is 14.2 Å². The summed E-state index contributed by atoms with van der Waals surface area (Å²) >= 11 is 0. The van der Waals surface area contributed by atoms with Gasteiger partial charge in [0.05, 0.1) is 13.2 Å². The summed E-state index contributed by atoms with van der Waals surface area (Å²) in [6, 6.07) is 10.2. The van der Waals surface area contributed by atoms with Gasteiger partial charge in [-0.05, 0) is 18.4 Å². The molecule has 1 aliphatic rings. The van der Waals surface area contributed by atoms with Gasteiger partial charge in [-0.1, -0.05) is 35.5 Å². The Morgan fingerprint density at radius 1 is 1.15 bits per heavy atom. The molecule has 0 radical (unpaired) electrons. The second-order valence-corrected chi connectivity index (χ2v) is 6.84. The van der Waals surface area contributed by atoms with Crippen LogP contribution >= 0.6 is 0 Å². The molecule has 0 N–H and O–H groups in total. The molecule has 0 bridgehead atoms. The molecule has 2 aromatic rings. The normalized spacial score (nSPS) is 15.7. The first-order valence-corrected chi connectivity index (χ1v) is 9.59. The average molecular weight is 372 g/mol. The van der Waals surface area contributed by atoms with Gasteiger partial charge in [-0.2, -0.15) is 4.98 Å². The highest BCUT2D eigenvalue weighted by Crippen LogP contribution is 2.11. The van der Waals surface area contributed by atoms with Gasteiger partial charge >= 0.3 is 0 Å². The van der Waals surface area contributed by atoms with Crippen molar-refractivity contribution in [3.63, 3.8) is 0 Å². The highest BCUT2D eigenvalue weighted by Gasteiger charge is 2.20. The molecular weight excluding hydrogens is 344 g/mol. The van der Waals surface area contributed by atoms with Crippen molar-refractivity contribution in [3.8, 4) is 0 Å². The Hall–Kier alpha value is -2.25. The van der Waals surface area contributed by atoms with Crippen LogP contribution < -0.4 is 0 Å². The second kappa shape index (κ2) is 10.2. The minimum absolute atomic E-state index is 0.236. The number of rotatable bonds is 8. The second-order valence-electron chi connectivity index (χ2n) is 6.84. The molecule has 146 valence electrons. The molecule has 0 unspecified atom stereocenters. The first-order valence-electron chi connectivity index (χ1n) is 9.59. The molecule has 0 saturated carbocycles. The highest BCUT2D eigenvalue weighted by atomic mass is 16.5. The highest BCUT2D eigenvalue weighted by molar-refractivity contribution is 5.76. The maximum Gasteiger partial charge on any atom is 0.240 e. The largest absolute Gasteiger partial charge is 0.384 e. The Kier molecular flexibility index (Phi) is 7.36. The van der Waals surface area contributed by atoms with E-state index in [9.17, 15) is 4.79 Å². The van der Waals surface area contributed by atoms with E-state index in [4.69, 9.17) is 9.26 Å². The molecule has 1 aromatic carbocycles. The monoisotopic (exact) mass is 372 g/mol. The first kappa shape index (κ1) is 19.5. The molecule has 1 aromatic heterocycles. The third-order valence-corrected chi connectivity index (χ3v) is 4.81. The molecule has 1 amide bonds. The standard InChI is InChI=1S/C20H28N4O3/c1-26-15-10-18-21-19(27-22-18)16-23-11-5-12-24(14-13-23)20(25)9-8-17-6-3-2-4-7-17/h2-4,6-7H,5,8-16H2,1H3. The maximum atomic E-state index is 12.5. The van der Waals surface area contributed by atoms with E-state index in [1.165, 1.54) is 5.56 Å². The smallest absolute Gasteiger partial charge is 0.240 e. The molecule has 2 heterocycles. The summed E-state index contributed by atoms with van der Waals surface area (Å²) < 4.78 is 10.4. The number of nitrogens with zero attached hydrogens (tertiary/aromatic N) is 4. The lowest BCUT2D eigenvalue weighted by molar-refractivity contribution is -0.131. The minimum Gasteiger partial charge on any atom is -0.384 e. The van der Waals surface area contributed by atoms with Crippen molar-refractivity contribution in [3.05, 3.63) is 47.6 Å². The summed E-state index contributed by atoms with van der Waals surface area (Å²) in [5, 5.41) is 3.98. The molecule has 1 aliphatic heterocycles. The fraction of sp³-hybridized carbons (Fsp3) is 0.550. The van der Waals surface area contributed by atoms with E-state index in [2.05, 4.69) is 27.2 Å². The van der Waals surface area contributed by atoms with Gasteiger partial charge in [0.1, 0.15) is 0 Å². The van der Waals surface area contributed by atoms with Crippen LogP contribution in [0.3, 0.4) is 0 Å². The van der Waals surface area contributed by atoms with E-state index in [1.54, 1.807) is 7.11 Å². The summed E-state index contributed by atoms with van der Waals surface area (Å²) in [6.07, 6.45) is 2.98. The van der Waals surface area contributed by atoms with E-state index in [1.807, 2.05) is 23.1 Å². The van der Waals surface area contributed by atoms with Crippen LogP contribution in [0, 0.1) is 0 Å². The molecule has 7 heteroatoms. The van der Waals surface area contributed by atoms with Crippen LogP contribution in [-0.2, 0) is 28.9 Å². The van der Waals surface area contributed by atoms with Gasteiger partial charge in [0, 0.05) is 46.1 Å². The zero-order valence-corrected chi connectivity index (χ0v) is 16.0. The summed E-state index contributed by atoms with van der Waals surface area (Å²) in [7, 11) is 1.66. The molecule has 7 nitrogen and oxygen atoms in total. The number of benzene rings is 1. The predicted octanol–water partition coefficient (Wildman–Crippen LogP) is 1.93. The number of ether oxygens (including phenoxy) is 1. The summed E-state index contributed by atoms with van der Waals surface area (Å²) in [5.74, 6) is 1.55. The number of aryl methyl sites for hydroxylation is 1. The fourth-order valence-electron chi connectivity index (χ4n) is 3.27. The number of amides is 1. The zero-order valence-electron chi connectivity index (χ0n) is 16.0. The van der Waals surface area contributed by atoms with Crippen LogP contribution in [0.15, 0.2) is 34.9 Å². The Balaban J connectivity index is 1.44. The van der Waals surface area contributed by atoms with Crippen molar-refractivity contribution in [2.75, 3.05) is 39.9 Å². The van der Waals surface area contributed by atoms with Crippen LogP contribution in [0.2, 0.25) is 0 Å². The predicted molar refractivity (Wildman–Crippen MR) is 101 cm³/mol. The van der Waals surface area contributed by atoms with Crippen molar-refractivity contribution >= 4 is 5.91 Å². The Morgan fingerprint density at radius 3 is 2.81 bits per heavy atom. The molecule has 27 heavy (non-hydrogen) atoms. The van der Waals surface area contributed by atoms with Crippen molar-refractivity contribution < 1.29 is 14.1 Å². The van der Waals surface area contributed by atoms with E-state index < -0.39 is 0 Å². The number of carbonyl (C=O) groups is 1. The fourth-order valence-corrected chi connectivity index (χ4v) is 3.27. The van der Waals surface area contributed by atoms with Crippen LogP contribution in [0.1, 0.15) is 30.1 Å². The lowest BCUT2D eigenvalue weighted by Crippen LogP contribution is -2.35. The van der Waals surface area contributed by atoms with Crippen molar-refractivity contribution in [2.45, 2.75) is 32.2 Å². The topological polar surface area (TPSA) is 71.7 Å². The van der Waals surface area contributed by atoms with Gasteiger partial charge in [0.15, 0.2) is 5.82 Å². The summed E-state index contributed by atoms with van der Waals surface area (Å²) in [6.45, 7) is 4.53. The molecule has 1 fully saturated rings. The maximum absolute atomic E-state index is 12.5. The van der Waals surface area contributed by atoms with E-state index in [0.717, 1.165) is 39.0 Å². The van der Waals surface area contributed by atoms with Crippen LogP contribution in [0.4, 0.5) is 0 Å². The van der Waals surface area contributed by atoms with E-state index in [-0.39, 0.29) is 5.91 Å². The number of hydrogen-bond donors (Lipinski definition) is 0. The average Bonchev–Trinajstić information content (AvgIpc) is 3.01. The van der Waals surface area contributed by atoms with Crippen LogP contribution in [0.25, 0.3) is 0 Å². The van der Waals surface area contributed by atoms with Crippen molar-refractivity contribution in [1.82, 2.24) is 19.9 Å². The number of methoxy groups -OCH3 is 1. The SMILES string of the molecule is COCCc1noc(CN2CCCN(C(=O)CCc3ccccc3)CC2)n1. The van der Waals surface area contributed by atoms with Gasteiger partial charge in [-0.3, -0.25) is 9.69 Å². The molecule has 0 atom stereocenters. The van der Waals surface area contributed by atoms with Crippen molar-refractivity contribution in [2.24, 2.45) is 0 Å². The lowest BCUT2D eigenvalue weighted by Gasteiger charge is -2.21. The third-order valence-electron chi connectivity index (χ3n) is 4.81. The third kappa shape index (κ3) is 6.15. The van der Waals surface area contributed by atoms with E-state index >= 15 is 0 Å². The van der Waals surface area contributed by atoms with Gasteiger partial charge in [0.25, 0.3) is 0 Å². The van der Waals surface area contributed by atoms with Gasteiger partial charge in [-0.25, -0.2) is 0 Å². The molecule has 3 rings (SSSR count). The molecule has 0 aliphatic carbocycles. The van der Waals surface area contributed by atoms with Crippen LogP contribution in [0.5, 0.6) is 0 Å². The number of carbonyl (C=O) groups excluding carboxylic acids is 1. The molecule has 0 spiro atoms. The quantitative estimate of drug-likeness (QED) is 0.705. The van der Waals surface area contributed by atoms with E-state index in [0.29, 0.717) is 37.7 Å². The summed E-state index contributed by atoms with van der Waals surface area (Å²) in [4.78, 5) is 21.2. The Labute approximate surface area is 160 Å². The van der Waals surface area contributed by atoms with Crippen LogP contribution in [-0.4, -0.2) is 65.7 Å². The lowest BCUT2D eigenvalue weighted by atomic mass is 10.1. The van der Waals surface area contributed by atoms with Crippen molar-refractivity contribution in [1.29, 1.82) is 0 Å². The first-order chi connectivity index (χ1) is 13.2. The Morgan fingerprint density at radius 2 is 2.00 bits per heavy atom. The van der Waals surface area contributed by atoms with Gasteiger partial charge in [-0.15, -0.1) is 0 Å². The molecular formula is C20H28N4O3. The Bertz CT molecular complexity index is 704. The zero-order chi connectivity index (χ0) is 18.9.